The summed E-state index contributed by atoms with van der Waals surface area (Å²) in [5.74, 6) is 1.48. The van der Waals surface area contributed by atoms with Crippen LogP contribution in [0, 0.1) is 12.7 Å². The molecule has 4 heterocycles. The number of benzene rings is 1. The highest BCUT2D eigenvalue weighted by atomic mass is 35.5. The van der Waals surface area contributed by atoms with Gasteiger partial charge in [0.15, 0.2) is 5.82 Å². The molecule has 0 saturated heterocycles. The predicted octanol–water partition coefficient (Wildman–Crippen LogP) is 5.06. The third kappa shape index (κ3) is 4.26. The van der Waals surface area contributed by atoms with Crippen molar-refractivity contribution in [3.63, 3.8) is 0 Å². The van der Waals surface area contributed by atoms with Crippen LogP contribution in [-0.2, 0) is 6.54 Å². The molecule has 0 fully saturated rings. The van der Waals surface area contributed by atoms with E-state index in [1.807, 2.05) is 52.7 Å². The summed E-state index contributed by atoms with van der Waals surface area (Å²) in [6.07, 6.45) is 9.15. The van der Waals surface area contributed by atoms with E-state index in [0.717, 1.165) is 47.8 Å². The average Bonchev–Trinajstić information content (AvgIpc) is 3.45. The molecule has 9 heteroatoms. The molecule has 0 spiro atoms. The minimum Gasteiger partial charge on any atom is -0.479 e. The Morgan fingerprint density at radius 2 is 2.06 bits per heavy atom. The van der Waals surface area contributed by atoms with Crippen LogP contribution in [0.5, 0.6) is 5.88 Å². The molecule has 5 rings (SSSR count). The second-order valence-electron chi connectivity index (χ2n) is 7.94. The molecule has 1 aliphatic heterocycles. The second-order valence-corrected chi connectivity index (χ2v) is 8.35. The number of aromatic nitrogens is 6. The van der Waals surface area contributed by atoms with Gasteiger partial charge in [0, 0.05) is 18.7 Å². The molecule has 3 aromatic heterocycles. The van der Waals surface area contributed by atoms with Gasteiger partial charge in [0.05, 0.1) is 29.8 Å². The molecule has 0 N–H and O–H groups in total. The lowest BCUT2D eigenvalue weighted by atomic mass is 9.91. The van der Waals surface area contributed by atoms with Crippen LogP contribution in [0.2, 0.25) is 5.02 Å². The van der Waals surface area contributed by atoms with Gasteiger partial charge in [-0.05, 0) is 61.7 Å². The van der Waals surface area contributed by atoms with Gasteiger partial charge in [0.2, 0.25) is 5.88 Å². The fraction of sp³-hybridized carbons (Fsp3) is 0.250. The van der Waals surface area contributed by atoms with Crippen molar-refractivity contribution in [2.75, 3.05) is 7.11 Å². The molecule has 168 valence electrons. The number of pyridine rings is 1. The fourth-order valence-electron chi connectivity index (χ4n) is 4.08. The molecule has 0 saturated carbocycles. The molecule has 0 amide bonds. The smallest absolute Gasteiger partial charge is 0.238 e. The Morgan fingerprint density at radius 3 is 2.82 bits per heavy atom. The summed E-state index contributed by atoms with van der Waals surface area (Å²) >= 11 is 5.85. The molecular formula is C24H22ClFN6O. The van der Waals surface area contributed by atoms with Gasteiger partial charge in [-0.1, -0.05) is 17.7 Å². The average molecular weight is 465 g/mol. The number of nitrogens with zero attached hydrogens (tertiary/aromatic N) is 6. The van der Waals surface area contributed by atoms with Crippen molar-refractivity contribution < 1.29 is 9.13 Å². The Hall–Kier alpha value is -3.52. The summed E-state index contributed by atoms with van der Waals surface area (Å²) in [6, 6.07) is 8.78. The van der Waals surface area contributed by atoms with E-state index in [0.29, 0.717) is 11.7 Å². The topological polar surface area (TPSA) is 70.7 Å². The van der Waals surface area contributed by atoms with E-state index in [2.05, 4.69) is 15.1 Å². The molecule has 0 aliphatic carbocycles. The quantitative estimate of drug-likeness (QED) is 0.412. The number of imidazole rings is 1. The number of aryl methyl sites for hydroxylation is 2. The zero-order valence-electron chi connectivity index (χ0n) is 18.2. The van der Waals surface area contributed by atoms with Crippen molar-refractivity contribution >= 4 is 23.8 Å². The van der Waals surface area contributed by atoms with Crippen LogP contribution in [0.3, 0.4) is 0 Å². The summed E-state index contributed by atoms with van der Waals surface area (Å²) in [6.45, 7) is 2.72. The molecule has 0 bridgehead atoms. The summed E-state index contributed by atoms with van der Waals surface area (Å²) in [4.78, 5) is 13.6. The molecule has 33 heavy (non-hydrogen) atoms. The normalized spacial score (nSPS) is 15.7. The maximum Gasteiger partial charge on any atom is 0.238 e. The number of hydrogen-bond acceptors (Lipinski definition) is 5. The summed E-state index contributed by atoms with van der Waals surface area (Å²) < 4.78 is 23.3. The fourth-order valence-corrected chi connectivity index (χ4v) is 4.20. The van der Waals surface area contributed by atoms with E-state index in [1.54, 1.807) is 19.5 Å². The van der Waals surface area contributed by atoms with Crippen molar-refractivity contribution in [2.45, 2.75) is 32.2 Å². The Balaban J connectivity index is 1.41. The lowest BCUT2D eigenvalue weighted by Crippen LogP contribution is -2.18. The lowest BCUT2D eigenvalue weighted by Gasteiger charge is -2.22. The molecule has 0 unspecified atom stereocenters. The minimum atomic E-state index is -0.416. The third-order valence-electron chi connectivity index (χ3n) is 5.69. The van der Waals surface area contributed by atoms with Crippen LogP contribution in [0.15, 0.2) is 42.9 Å². The van der Waals surface area contributed by atoms with Gasteiger partial charge in [-0.15, -0.1) is 0 Å². The number of ether oxygens (including phenoxy) is 1. The van der Waals surface area contributed by atoms with Gasteiger partial charge in [-0.2, -0.15) is 5.10 Å². The number of methoxy groups -OCH3 is 1. The SMILES string of the molecule is COc1nc(/C=C/c2nc3n(n2)CCC[C@@H]3c2ccc(Cl)c(F)c2)ccc1-n1cnc(C)c1. The monoisotopic (exact) mass is 464 g/mol. The van der Waals surface area contributed by atoms with Crippen LogP contribution in [0.1, 0.15) is 47.4 Å². The van der Waals surface area contributed by atoms with E-state index in [-0.39, 0.29) is 10.9 Å². The third-order valence-corrected chi connectivity index (χ3v) is 5.99. The number of hydrogen-bond donors (Lipinski definition) is 0. The maximum absolute atomic E-state index is 14.0. The maximum atomic E-state index is 14.0. The summed E-state index contributed by atoms with van der Waals surface area (Å²) in [5, 5.41) is 4.74. The van der Waals surface area contributed by atoms with Crippen LogP contribution in [0.4, 0.5) is 4.39 Å². The lowest BCUT2D eigenvalue weighted by molar-refractivity contribution is 0.395. The summed E-state index contributed by atoms with van der Waals surface area (Å²) in [5.41, 5.74) is 3.30. The van der Waals surface area contributed by atoms with Crippen LogP contribution in [0.25, 0.3) is 17.8 Å². The standard InChI is InChI=1S/C24H22ClFN6O/c1-15-13-31(14-27-15)21-9-6-17(28-24(21)33-2)7-10-22-29-23-18(4-3-11-32(23)30-22)16-5-8-19(25)20(26)12-16/h5-10,12-14,18H,3-4,11H2,1-2H3/b10-7+/t18-/m1/s1. The molecule has 0 radical (unpaired) electrons. The van der Waals surface area contributed by atoms with Gasteiger partial charge in [-0.3, -0.25) is 0 Å². The summed E-state index contributed by atoms with van der Waals surface area (Å²) in [7, 11) is 1.59. The van der Waals surface area contributed by atoms with Crippen molar-refractivity contribution in [2.24, 2.45) is 0 Å². The van der Waals surface area contributed by atoms with Crippen LogP contribution < -0.4 is 4.74 Å². The first-order valence-electron chi connectivity index (χ1n) is 10.7. The van der Waals surface area contributed by atoms with Crippen LogP contribution in [-0.4, -0.2) is 36.4 Å². The Bertz CT molecular complexity index is 1340. The van der Waals surface area contributed by atoms with Crippen molar-refractivity contribution in [1.82, 2.24) is 29.3 Å². The second kappa shape index (κ2) is 8.78. The van der Waals surface area contributed by atoms with Gasteiger partial charge in [0.25, 0.3) is 0 Å². The van der Waals surface area contributed by atoms with Gasteiger partial charge in [0.1, 0.15) is 17.3 Å². The number of rotatable bonds is 5. The zero-order valence-corrected chi connectivity index (χ0v) is 19.0. The van der Waals surface area contributed by atoms with Gasteiger partial charge >= 0.3 is 0 Å². The predicted molar refractivity (Wildman–Crippen MR) is 124 cm³/mol. The Morgan fingerprint density at radius 1 is 1.18 bits per heavy atom. The molecule has 1 aliphatic rings. The first-order valence-corrected chi connectivity index (χ1v) is 11.0. The van der Waals surface area contributed by atoms with Crippen molar-refractivity contribution in [3.05, 3.63) is 82.3 Å². The first-order chi connectivity index (χ1) is 16.0. The van der Waals surface area contributed by atoms with E-state index in [1.165, 1.54) is 6.07 Å². The first kappa shape index (κ1) is 21.3. The Kier molecular flexibility index (Phi) is 5.68. The number of halogens is 2. The number of fused-ring (bicyclic) bond motifs is 1. The molecule has 7 nitrogen and oxygen atoms in total. The molecule has 4 aromatic rings. The highest BCUT2D eigenvalue weighted by Gasteiger charge is 2.26. The van der Waals surface area contributed by atoms with E-state index >= 15 is 0 Å². The van der Waals surface area contributed by atoms with E-state index < -0.39 is 5.82 Å². The van der Waals surface area contributed by atoms with E-state index in [9.17, 15) is 4.39 Å². The van der Waals surface area contributed by atoms with Crippen molar-refractivity contribution in [3.8, 4) is 11.6 Å². The van der Waals surface area contributed by atoms with Gasteiger partial charge in [-0.25, -0.2) is 24.0 Å². The van der Waals surface area contributed by atoms with Gasteiger partial charge < -0.3 is 9.30 Å². The largest absolute Gasteiger partial charge is 0.479 e. The molecule has 1 aromatic carbocycles. The van der Waals surface area contributed by atoms with Crippen molar-refractivity contribution in [1.29, 1.82) is 0 Å². The van der Waals surface area contributed by atoms with E-state index in [4.69, 9.17) is 21.3 Å². The molecular weight excluding hydrogens is 443 g/mol. The molecule has 1 atom stereocenters. The zero-order chi connectivity index (χ0) is 22.9. The van der Waals surface area contributed by atoms with Crippen LogP contribution >= 0.6 is 11.6 Å². The Labute approximate surface area is 195 Å². The highest BCUT2D eigenvalue weighted by molar-refractivity contribution is 6.30. The minimum absolute atomic E-state index is 0.0173. The highest BCUT2D eigenvalue weighted by Crippen LogP contribution is 2.33.